The van der Waals surface area contributed by atoms with E-state index in [1.54, 1.807) is 42.0 Å². The Balaban J connectivity index is 1.13. The molecule has 1 saturated heterocycles. The van der Waals surface area contributed by atoms with Crippen molar-refractivity contribution in [1.82, 2.24) is 24.6 Å². The number of halogens is 2. The van der Waals surface area contributed by atoms with E-state index < -0.39 is 0 Å². The normalized spacial score (nSPS) is 15.0. The molecule has 0 radical (unpaired) electrons. The van der Waals surface area contributed by atoms with Crippen molar-refractivity contribution in [3.05, 3.63) is 88.4 Å². The van der Waals surface area contributed by atoms with Gasteiger partial charge in [0.05, 0.1) is 17.2 Å². The molecule has 1 atom stereocenters. The second-order valence-electron chi connectivity index (χ2n) is 10.3. The highest BCUT2D eigenvalue weighted by atomic mass is 35.5. The molecule has 4 aromatic rings. The van der Waals surface area contributed by atoms with E-state index >= 15 is 0 Å². The minimum Gasteiger partial charge on any atom is -0.497 e. The molecule has 2 heterocycles. The molecule has 5 rings (SSSR count). The molecule has 43 heavy (non-hydrogen) atoms. The Hall–Kier alpha value is -3.53. The maximum atomic E-state index is 13.0. The van der Waals surface area contributed by atoms with Gasteiger partial charge in [-0.1, -0.05) is 65.3 Å². The monoisotopic (exact) mass is 637 g/mol. The van der Waals surface area contributed by atoms with Gasteiger partial charge < -0.3 is 14.5 Å². The Morgan fingerprint density at radius 2 is 1.72 bits per heavy atom. The summed E-state index contributed by atoms with van der Waals surface area (Å²) >= 11 is 13.7. The van der Waals surface area contributed by atoms with Gasteiger partial charge >= 0.3 is 0 Å². The van der Waals surface area contributed by atoms with E-state index in [2.05, 4.69) is 14.8 Å². The van der Waals surface area contributed by atoms with Crippen molar-refractivity contribution in [3.63, 3.8) is 0 Å². The van der Waals surface area contributed by atoms with Gasteiger partial charge in [0, 0.05) is 54.7 Å². The zero-order valence-electron chi connectivity index (χ0n) is 24.1. The number of carbonyl (C=O) groups excluding carboxylic acids is 2. The average Bonchev–Trinajstić information content (AvgIpc) is 3.46. The third kappa shape index (κ3) is 7.34. The number of unbranched alkanes of at least 4 members (excludes halogenated alkanes) is 1. The van der Waals surface area contributed by atoms with Crippen LogP contribution in [0.4, 0.5) is 0 Å². The Morgan fingerprint density at radius 1 is 0.953 bits per heavy atom. The number of nitrogens with zero attached hydrogens (tertiary/aromatic N) is 5. The quantitative estimate of drug-likeness (QED) is 0.139. The lowest BCUT2D eigenvalue weighted by Gasteiger charge is -2.40. The number of ether oxygens (including phenoxy) is 1. The number of carbonyl (C=O) groups is 2. The SMILES string of the molecule is COc1ccc(-n2c(SCCCCC(=O)N3CCN(C(=O)c4ccc(Cl)c(Cl)c4)C(C)C3)nnc2-c2ccccc2)cc1. The fraction of sp³-hybridized carbons (Fsp3) is 0.312. The van der Waals surface area contributed by atoms with Crippen molar-refractivity contribution in [1.29, 1.82) is 0 Å². The van der Waals surface area contributed by atoms with E-state index in [9.17, 15) is 9.59 Å². The summed E-state index contributed by atoms with van der Waals surface area (Å²) < 4.78 is 7.39. The molecular weight excluding hydrogens is 605 g/mol. The van der Waals surface area contributed by atoms with Crippen LogP contribution in [-0.4, -0.2) is 74.9 Å². The van der Waals surface area contributed by atoms with Crippen molar-refractivity contribution in [2.24, 2.45) is 0 Å². The van der Waals surface area contributed by atoms with Gasteiger partial charge in [-0.3, -0.25) is 14.2 Å². The molecule has 3 aromatic carbocycles. The number of amides is 2. The van der Waals surface area contributed by atoms with Gasteiger partial charge in [0.1, 0.15) is 5.75 Å². The van der Waals surface area contributed by atoms with Gasteiger partial charge in [0.2, 0.25) is 5.91 Å². The molecule has 2 amide bonds. The maximum Gasteiger partial charge on any atom is 0.254 e. The van der Waals surface area contributed by atoms with Crippen LogP contribution < -0.4 is 4.74 Å². The summed E-state index contributed by atoms with van der Waals surface area (Å²) in [5.74, 6) is 2.37. The van der Waals surface area contributed by atoms with Crippen LogP contribution in [0.1, 0.15) is 36.5 Å². The highest BCUT2D eigenvalue weighted by Gasteiger charge is 2.30. The Morgan fingerprint density at radius 3 is 2.42 bits per heavy atom. The van der Waals surface area contributed by atoms with Crippen LogP contribution in [0, 0.1) is 0 Å². The maximum absolute atomic E-state index is 13.0. The predicted octanol–water partition coefficient (Wildman–Crippen LogP) is 6.89. The Labute approximate surface area is 265 Å². The molecule has 1 aliphatic rings. The molecule has 8 nitrogen and oxygen atoms in total. The third-order valence-corrected chi connectivity index (χ3v) is 9.17. The first-order chi connectivity index (χ1) is 20.9. The fourth-order valence-electron chi connectivity index (χ4n) is 5.08. The lowest BCUT2D eigenvalue weighted by molar-refractivity contribution is -0.133. The standard InChI is InChI=1S/C32H33Cl2N5O3S/c1-22-21-37(17-18-38(22)31(41)24-11-16-27(33)28(34)20-24)29(40)10-6-7-19-43-32-36-35-30(23-8-4-3-5-9-23)39(32)25-12-14-26(42-2)15-13-25/h3-5,8-9,11-16,20,22H,6-7,10,17-19,21H2,1-2H3. The molecular formula is C32H33Cl2N5O3S. The summed E-state index contributed by atoms with van der Waals surface area (Å²) in [4.78, 5) is 29.7. The highest BCUT2D eigenvalue weighted by Crippen LogP contribution is 2.30. The van der Waals surface area contributed by atoms with Gasteiger partial charge in [-0.2, -0.15) is 0 Å². The number of methoxy groups -OCH3 is 1. The van der Waals surface area contributed by atoms with Crippen LogP contribution in [0.15, 0.2) is 78.0 Å². The summed E-state index contributed by atoms with van der Waals surface area (Å²) in [5.41, 5.74) is 2.43. The van der Waals surface area contributed by atoms with Crippen LogP contribution in [-0.2, 0) is 4.79 Å². The van der Waals surface area contributed by atoms with Crippen molar-refractivity contribution < 1.29 is 14.3 Å². The molecule has 224 valence electrons. The molecule has 0 aliphatic carbocycles. The van der Waals surface area contributed by atoms with E-state index in [0.717, 1.165) is 46.6 Å². The lowest BCUT2D eigenvalue weighted by atomic mass is 10.1. The van der Waals surface area contributed by atoms with Crippen molar-refractivity contribution in [2.75, 3.05) is 32.5 Å². The zero-order chi connectivity index (χ0) is 30.3. The number of benzene rings is 3. The summed E-state index contributed by atoms with van der Waals surface area (Å²) in [6.07, 6.45) is 2.09. The van der Waals surface area contributed by atoms with Crippen LogP contribution in [0.25, 0.3) is 17.1 Å². The summed E-state index contributed by atoms with van der Waals surface area (Å²) in [7, 11) is 1.65. The summed E-state index contributed by atoms with van der Waals surface area (Å²) in [6, 6.07) is 22.6. The van der Waals surface area contributed by atoms with E-state index in [0.29, 0.717) is 41.7 Å². The topological polar surface area (TPSA) is 80.6 Å². The van der Waals surface area contributed by atoms with E-state index in [1.807, 2.05) is 66.4 Å². The van der Waals surface area contributed by atoms with Gasteiger partial charge in [-0.25, -0.2) is 0 Å². The van der Waals surface area contributed by atoms with Crippen molar-refractivity contribution in [3.8, 4) is 22.8 Å². The molecule has 0 N–H and O–H groups in total. The van der Waals surface area contributed by atoms with E-state index in [1.165, 1.54) is 0 Å². The Bertz CT molecular complexity index is 1570. The molecule has 1 unspecified atom stereocenters. The second-order valence-corrected chi connectivity index (χ2v) is 12.2. The number of rotatable bonds is 10. The van der Waals surface area contributed by atoms with Crippen molar-refractivity contribution in [2.45, 2.75) is 37.4 Å². The molecule has 1 aromatic heterocycles. The molecule has 1 aliphatic heterocycles. The number of thioether (sulfide) groups is 1. The van der Waals surface area contributed by atoms with E-state index in [-0.39, 0.29) is 17.9 Å². The molecule has 0 bridgehead atoms. The number of aromatic nitrogens is 3. The van der Waals surface area contributed by atoms with Gasteiger partial charge in [-0.15, -0.1) is 10.2 Å². The first-order valence-electron chi connectivity index (χ1n) is 14.2. The van der Waals surface area contributed by atoms with Gasteiger partial charge in [-0.05, 0) is 62.2 Å². The average molecular weight is 639 g/mol. The minimum atomic E-state index is -0.104. The third-order valence-electron chi connectivity index (χ3n) is 7.42. The second kappa shape index (κ2) is 14.3. The van der Waals surface area contributed by atoms with Crippen LogP contribution in [0.5, 0.6) is 5.75 Å². The summed E-state index contributed by atoms with van der Waals surface area (Å²) in [5, 5.41) is 10.6. The number of piperazine rings is 1. The fourth-order valence-corrected chi connectivity index (χ4v) is 6.33. The zero-order valence-corrected chi connectivity index (χ0v) is 26.4. The first kappa shape index (κ1) is 30.9. The van der Waals surface area contributed by atoms with Gasteiger partial charge in [0.25, 0.3) is 5.91 Å². The van der Waals surface area contributed by atoms with E-state index in [4.69, 9.17) is 27.9 Å². The molecule has 0 spiro atoms. The lowest BCUT2D eigenvalue weighted by Crippen LogP contribution is -2.55. The van der Waals surface area contributed by atoms with Crippen molar-refractivity contribution >= 4 is 46.8 Å². The highest BCUT2D eigenvalue weighted by molar-refractivity contribution is 7.99. The van der Waals surface area contributed by atoms with Gasteiger partial charge in [0.15, 0.2) is 11.0 Å². The molecule has 0 saturated carbocycles. The van der Waals surface area contributed by atoms with Crippen LogP contribution >= 0.6 is 35.0 Å². The van der Waals surface area contributed by atoms with Crippen LogP contribution in [0.2, 0.25) is 10.0 Å². The molecule has 11 heteroatoms. The Kier molecular flexibility index (Phi) is 10.3. The smallest absolute Gasteiger partial charge is 0.254 e. The number of hydrogen-bond acceptors (Lipinski definition) is 6. The largest absolute Gasteiger partial charge is 0.497 e. The number of hydrogen-bond donors (Lipinski definition) is 0. The molecule has 1 fully saturated rings. The summed E-state index contributed by atoms with van der Waals surface area (Å²) in [6.45, 7) is 3.47. The predicted molar refractivity (Wildman–Crippen MR) is 171 cm³/mol. The first-order valence-corrected chi connectivity index (χ1v) is 15.9. The minimum absolute atomic E-state index is 0.0988. The van der Waals surface area contributed by atoms with Crippen LogP contribution in [0.3, 0.4) is 0 Å².